The maximum Gasteiger partial charge on any atom is 0.248 e. The summed E-state index contributed by atoms with van der Waals surface area (Å²) in [5.41, 5.74) is 1.93. The van der Waals surface area contributed by atoms with Crippen molar-refractivity contribution in [1.29, 1.82) is 0 Å². The number of carbonyl (C=O) groups excluding carboxylic acids is 1. The van der Waals surface area contributed by atoms with Gasteiger partial charge in [0.25, 0.3) is 0 Å². The van der Waals surface area contributed by atoms with E-state index >= 15 is 0 Å². The highest BCUT2D eigenvalue weighted by Crippen LogP contribution is 2.43. The molecule has 156 valence electrons. The SMILES string of the molecule is O=C(C1CCC(F)(F)CC1)N1C[C@H]2C[C@@H](n3cnc4ccccc43)[C@H](O)C[C@H]2C1. The summed E-state index contributed by atoms with van der Waals surface area (Å²) in [4.78, 5) is 19.3. The molecule has 0 spiro atoms. The molecule has 29 heavy (non-hydrogen) atoms. The molecule has 1 aliphatic heterocycles. The number of hydrogen-bond donors (Lipinski definition) is 1. The zero-order chi connectivity index (χ0) is 20.2. The van der Waals surface area contributed by atoms with Gasteiger partial charge in [0.1, 0.15) is 0 Å². The first-order chi connectivity index (χ1) is 13.9. The van der Waals surface area contributed by atoms with E-state index in [1.165, 1.54) is 0 Å². The van der Waals surface area contributed by atoms with Crippen LogP contribution in [0.5, 0.6) is 0 Å². The number of hydrogen-bond acceptors (Lipinski definition) is 3. The van der Waals surface area contributed by atoms with E-state index in [-0.39, 0.29) is 49.5 Å². The van der Waals surface area contributed by atoms with Crippen LogP contribution in [-0.2, 0) is 4.79 Å². The van der Waals surface area contributed by atoms with Crippen molar-refractivity contribution >= 4 is 16.9 Å². The molecule has 5 rings (SSSR count). The number of amides is 1. The van der Waals surface area contributed by atoms with Crippen LogP contribution in [0.25, 0.3) is 11.0 Å². The van der Waals surface area contributed by atoms with Crippen LogP contribution in [0.2, 0.25) is 0 Å². The van der Waals surface area contributed by atoms with Crippen LogP contribution in [0, 0.1) is 17.8 Å². The molecule has 7 heteroatoms. The van der Waals surface area contributed by atoms with Gasteiger partial charge >= 0.3 is 0 Å². The predicted molar refractivity (Wildman–Crippen MR) is 104 cm³/mol. The van der Waals surface area contributed by atoms with Gasteiger partial charge in [-0.25, -0.2) is 13.8 Å². The minimum Gasteiger partial charge on any atom is -0.391 e. The Morgan fingerprint density at radius 1 is 1.10 bits per heavy atom. The third kappa shape index (κ3) is 3.43. The lowest BCUT2D eigenvalue weighted by molar-refractivity contribution is -0.138. The smallest absolute Gasteiger partial charge is 0.248 e. The third-order valence-corrected chi connectivity index (χ3v) is 7.33. The minimum atomic E-state index is -2.61. The number of carbonyl (C=O) groups is 1. The second-order valence-electron chi connectivity index (χ2n) is 9.14. The Balaban J connectivity index is 1.28. The Morgan fingerprint density at radius 2 is 1.79 bits per heavy atom. The molecule has 2 aliphatic carbocycles. The Hall–Kier alpha value is -2.02. The third-order valence-electron chi connectivity index (χ3n) is 7.33. The lowest BCUT2D eigenvalue weighted by Crippen LogP contribution is -2.38. The Bertz CT molecular complexity index is 904. The first-order valence-electron chi connectivity index (χ1n) is 10.7. The lowest BCUT2D eigenvalue weighted by atomic mass is 9.77. The molecule has 2 saturated carbocycles. The summed E-state index contributed by atoms with van der Waals surface area (Å²) in [5, 5.41) is 10.8. The Kier molecular flexibility index (Phi) is 4.61. The van der Waals surface area contributed by atoms with Crippen molar-refractivity contribution in [2.75, 3.05) is 13.1 Å². The van der Waals surface area contributed by atoms with Crippen molar-refractivity contribution in [3.63, 3.8) is 0 Å². The van der Waals surface area contributed by atoms with E-state index in [2.05, 4.69) is 9.55 Å². The number of fused-ring (bicyclic) bond motifs is 2. The van der Waals surface area contributed by atoms with Crippen LogP contribution < -0.4 is 0 Å². The molecule has 2 aromatic rings. The maximum absolute atomic E-state index is 13.4. The molecular formula is C22H27F2N3O2. The van der Waals surface area contributed by atoms with E-state index < -0.39 is 12.0 Å². The number of halogens is 2. The van der Waals surface area contributed by atoms with Gasteiger partial charge in [-0.15, -0.1) is 0 Å². The summed E-state index contributed by atoms with van der Waals surface area (Å²) in [7, 11) is 0. The van der Waals surface area contributed by atoms with E-state index in [1.807, 2.05) is 29.2 Å². The summed E-state index contributed by atoms with van der Waals surface area (Å²) in [6, 6.07) is 7.86. The molecular weight excluding hydrogens is 376 g/mol. The quantitative estimate of drug-likeness (QED) is 0.833. The van der Waals surface area contributed by atoms with Gasteiger partial charge in [-0.2, -0.15) is 0 Å². The number of aliphatic hydroxyl groups is 1. The highest BCUT2D eigenvalue weighted by atomic mass is 19.3. The number of aliphatic hydroxyl groups excluding tert-OH is 1. The van der Waals surface area contributed by atoms with Gasteiger partial charge in [0.05, 0.1) is 29.5 Å². The normalized spacial score (nSPS) is 32.4. The monoisotopic (exact) mass is 403 g/mol. The second kappa shape index (κ2) is 7.04. The van der Waals surface area contributed by atoms with Crippen molar-refractivity contribution < 1.29 is 18.7 Å². The predicted octanol–water partition coefficient (Wildman–Crippen LogP) is 3.63. The summed E-state index contributed by atoms with van der Waals surface area (Å²) < 4.78 is 28.9. The summed E-state index contributed by atoms with van der Waals surface area (Å²) >= 11 is 0. The zero-order valence-corrected chi connectivity index (χ0v) is 16.4. The average molecular weight is 403 g/mol. The molecule has 5 nitrogen and oxygen atoms in total. The van der Waals surface area contributed by atoms with E-state index in [9.17, 15) is 18.7 Å². The fourth-order valence-corrected chi connectivity index (χ4v) is 5.67. The fraction of sp³-hybridized carbons (Fsp3) is 0.636. The molecule has 0 unspecified atom stereocenters. The minimum absolute atomic E-state index is 0.0361. The molecule has 1 aromatic carbocycles. The first kappa shape index (κ1) is 19.0. The first-order valence-corrected chi connectivity index (χ1v) is 10.7. The van der Waals surface area contributed by atoms with Gasteiger partial charge in [0.2, 0.25) is 11.8 Å². The Labute approximate surface area is 168 Å². The van der Waals surface area contributed by atoms with Gasteiger partial charge in [-0.3, -0.25) is 4.79 Å². The van der Waals surface area contributed by atoms with E-state index in [1.54, 1.807) is 6.33 Å². The van der Waals surface area contributed by atoms with E-state index in [0.717, 1.165) is 17.5 Å². The number of likely N-dealkylation sites (tertiary alicyclic amines) is 1. The number of nitrogens with zero attached hydrogens (tertiary/aromatic N) is 3. The zero-order valence-electron chi connectivity index (χ0n) is 16.4. The average Bonchev–Trinajstić information content (AvgIpc) is 3.30. The van der Waals surface area contributed by atoms with Crippen LogP contribution >= 0.6 is 0 Å². The van der Waals surface area contributed by atoms with Crippen molar-refractivity contribution in [2.24, 2.45) is 17.8 Å². The van der Waals surface area contributed by atoms with Crippen molar-refractivity contribution in [2.45, 2.75) is 56.6 Å². The van der Waals surface area contributed by atoms with Crippen LogP contribution in [0.4, 0.5) is 8.78 Å². The summed E-state index contributed by atoms with van der Waals surface area (Å²) in [6.45, 7) is 1.32. The van der Waals surface area contributed by atoms with Crippen LogP contribution in [-0.4, -0.2) is 50.6 Å². The highest BCUT2D eigenvalue weighted by Gasteiger charge is 2.46. The number of alkyl halides is 2. The molecule has 4 atom stereocenters. The van der Waals surface area contributed by atoms with Gasteiger partial charge < -0.3 is 14.6 Å². The molecule has 0 bridgehead atoms. The number of aromatic nitrogens is 2. The van der Waals surface area contributed by atoms with Crippen molar-refractivity contribution in [3.8, 4) is 0 Å². The van der Waals surface area contributed by atoms with Gasteiger partial charge in [0.15, 0.2) is 0 Å². The van der Waals surface area contributed by atoms with E-state index in [0.29, 0.717) is 25.4 Å². The number of rotatable bonds is 2. The maximum atomic E-state index is 13.4. The molecule has 1 amide bonds. The molecule has 0 radical (unpaired) electrons. The molecule has 1 aromatic heterocycles. The van der Waals surface area contributed by atoms with Gasteiger partial charge in [-0.05, 0) is 49.7 Å². The van der Waals surface area contributed by atoms with Gasteiger partial charge in [0, 0.05) is 31.8 Å². The van der Waals surface area contributed by atoms with E-state index in [4.69, 9.17) is 0 Å². The fourth-order valence-electron chi connectivity index (χ4n) is 5.67. The highest BCUT2D eigenvalue weighted by molar-refractivity contribution is 5.79. The molecule has 1 saturated heterocycles. The van der Waals surface area contributed by atoms with Crippen molar-refractivity contribution in [1.82, 2.24) is 14.5 Å². The van der Waals surface area contributed by atoms with Crippen molar-refractivity contribution in [3.05, 3.63) is 30.6 Å². The van der Waals surface area contributed by atoms with Gasteiger partial charge in [-0.1, -0.05) is 12.1 Å². The topological polar surface area (TPSA) is 58.4 Å². The van der Waals surface area contributed by atoms with Crippen LogP contribution in [0.15, 0.2) is 30.6 Å². The summed E-state index contributed by atoms with van der Waals surface area (Å²) in [5.74, 6) is -2.23. The molecule has 3 aliphatic rings. The number of benzene rings is 1. The van der Waals surface area contributed by atoms with Crippen LogP contribution in [0.3, 0.4) is 0 Å². The number of imidazole rings is 1. The molecule has 3 fully saturated rings. The Morgan fingerprint density at radius 3 is 2.55 bits per heavy atom. The molecule has 1 N–H and O–H groups in total. The number of para-hydroxylation sites is 2. The largest absolute Gasteiger partial charge is 0.391 e. The summed E-state index contributed by atoms with van der Waals surface area (Å²) in [6.07, 6.45) is 2.99. The van der Waals surface area contributed by atoms with Crippen LogP contribution in [0.1, 0.15) is 44.6 Å². The molecule has 2 heterocycles. The lowest BCUT2D eigenvalue weighted by Gasteiger charge is -2.36. The second-order valence-corrected chi connectivity index (χ2v) is 9.14. The standard InChI is InChI=1S/C22H27F2N3O2/c23-22(24)7-5-14(6-8-22)21(29)26-11-15-9-19(20(28)10-16(15)12-26)27-13-25-17-3-1-2-4-18(17)27/h1-4,13-16,19-20,28H,5-12H2/t15-,16+,19-,20-/m1/s1.